The van der Waals surface area contributed by atoms with Crippen LogP contribution in [0.1, 0.15) is 30.1 Å². The van der Waals surface area contributed by atoms with Crippen LogP contribution in [-0.4, -0.2) is 28.3 Å². The van der Waals surface area contributed by atoms with Crippen molar-refractivity contribution in [1.82, 2.24) is 9.97 Å². The number of aromatic amines is 2. The van der Waals surface area contributed by atoms with Gasteiger partial charge < -0.3 is 20.0 Å². The summed E-state index contributed by atoms with van der Waals surface area (Å²) in [6.45, 7) is 2.46. The number of ether oxygens (including phenoxy) is 1. The van der Waals surface area contributed by atoms with Crippen molar-refractivity contribution >= 4 is 28.4 Å². The fourth-order valence-corrected chi connectivity index (χ4v) is 2.61. The Morgan fingerprint density at radius 3 is 2.46 bits per heavy atom. The number of nitrogens with one attached hydrogen (secondary N) is 3. The van der Waals surface area contributed by atoms with Gasteiger partial charge in [-0.25, -0.2) is 4.79 Å². The van der Waals surface area contributed by atoms with E-state index in [2.05, 4.69) is 15.3 Å². The Morgan fingerprint density at radius 2 is 1.73 bits per heavy atom. The largest absolute Gasteiger partial charge is 0.494 e. The van der Waals surface area contributed by atoms with Gasteiger partial charge in [0.15, 0.2) is 5.78 Å². The normalized spacial score (nSPS) is 10.7. The summed E-state index contributed by atoms with van der Waals surface area (Å²) in [5.41, 5.74) is 2.08. The number of carbonyl (C=O) groups is 2. The number of benzene rings is 2. The molecule has 0 spiro atoms. The minimum absolute atomic E-state index is 0.0771. The molecular weight excluding hydrogens is 334 g/mol. The Labute approximate surface area is 149 Å². The number of hydrogen-bond donors (Lipinski definition) is 3. The maximum Gasteiger partial charge on any atom is 0.323 e. The summed E-state index contributed by atoms with van der Waals surface area (Å²) in [5, 5.41) is 2.73. The lowest BCUT2D eigenvalue weighted by atomic mass is 10.1. The molecule has 0 bridgehead atoms. The molecule has 1 amide bonds. The monoisotopic (exact) mass is 353 g/mol. The molecule has 7 heteroatoms. The Balaban J connectivity index is 1.55. The molecule has 0 saturated heterocycles. The molecule has 3 rings (SSSR count). The first-order valence-corrected chi connectivity index (χ1v) is 8.33. The first kappa shape index (κ1) is 17.5. The molecule has 134 valence electrons. The van der Waals surface area contributed by atoms with Crippen molar-refractivity contribution in [2.75, 3.05) is 11.9 Å². The van der Waals surface area contributed by atoms with Crippen molar-refractivity contribution < 1.29 is 14.3 Å². The van der Waals surface area contributed by atoms with Crippen LogP contribution < -0.4 is 15.7 Å². The standard InChI is InChI=1S/C19H19N3O4/c1-2-26-14-6-3-12(4-7-14)17(23)9-10-18(24)20-13-5-8-15-16(11-13)22-19(25)21-15/h3-8,11H,2,9-10H2,1H3,(H,20,24)(H2,21,22,25). The summed E-state index contributed by atoms with van der Waals surface area (Å²) >= 11 is 0. The van der Waals surface area contributed by atoms with Crippen molar-refractivity contribution in [3.63, 3.8) is 0 Å². The highest BCUT2D eigenvalue weighted by molar-refractivity contribution is 6.00. The molecule has 2 aromatic carbocycles. The number of ketones is 1. The Morgan fingerprint density at radius 1 is 1.00 bits per heavy atom. The van der Waals surface area contributed by atoms with Gasteiger partial charge in [-0.1, -0.05) is 0 Å². The predicted molar refractivity (Wildman–Crippen MR) is 98.7 cm³/mol. The number of imidazole rings is 1. The number of Topliss-reactive ketones (excluding diaryl/α,β-unsaturated/α-hetero) is 1. The molecule has 3 aromatic rings. The zero-order valence-corrected chi connectivity index (χ0v) is 14.3. The average molecular weight is 353 g/mol. The van der Waals surface area contributed by atoms with Gasteiger partial charge in [-0.15, -0.1) is 0 Å². The number of fused-ring (bicyclic) bond motifs is 1. The molecule has 0 fully saturated rings. The van der Waals surface area contributed by atoms with Gasteiger partial charge in [0.25, 0.3) is 0 Å². The summed E-state index contributed by atoms with van der Waals surface area (Å²) < 4.78 is 5.34. The van der Waals surface area contributed by atoms with Gasteiger partial charge in [0.2, 0.25) is 5.91 Å². The third-order valence-corrected chi connectivity index (χ3v) is 3.87. The highest BCUT2D eigenvalue weighted by Crippen LogP contribution is 2.16. The molecule has 3 N–H and O–H groups in total. The van der Waals surface area contributed by atoms with Crippen LogP contribution in [0.5, 0.6) is 5.75 Å². The molecule has 7 nitrogen and oxygen atoms in total. The third kappa shape index (κ3) is 4.18. The van der Waals surface area contributed by atoms with Crippen molar-refractivity contribution in [1.29, 1.82) is 0 Å². The highest BCUT2D eigenvalue weighted by atomic mass is 16.5. The summed E-state index contributed by atoms with van der Waals surface area (Å²) in [7, 11) is 0. The van der Waals surface area contributed by atoms with E-state index < -0.39 is 0 Å². The van der Waals surface area contributed by atoms with Gasteiger partial charge in [-0.2, -0.15) is 0 Å². The SMILES string of the molecule is CCOc1ccc(C(=O)CCC(=O)Nc2ccc3[nH]c(=O)[nH]c3c2)cc1. The smallest absolute Gasteiger partial charge is 0.323 e. The van der Waals surface area contributed by atoms with E-state index in [0.29, 0.717) is 34.6 Å². The summed E-state index contributed by atoms with van der Waals surface area (Å²) in [6.07, 6.45) is 0.191. The second kappa shape index (κ2) is 7.69. The van der Waals surface area contributed by atoms with E-state index in [9.17, 15) is 14.4 Å². The summed E-state index contributed by atoms with van der Waals surface area (Å²) in [4.78, 5) is 40.8. The molecular formula is C19H19N3O4. The average Bonchev–Trinajstić information content (AvgIpc) is 3.00. The van der Waals surface area contributed by atoms with Gasteiger partial charge in [-0.3, -0.25) is 9.59 Å². The highest BCUT2D eigenvalue weighted by Gasteiger charge is 2.10. The van der Waals surface area contributed by atoms with Crippen LogP contribution >= 0.6 is 0 Å². The molecule has 0 atom stereocenters. The van der Waals surface area contributed by atoms with Gasteiger partial charge in [0, 0.05) is 24.1 Å². The molecule has 0 aliphatic rings. The third-order valence-electron chi connectivity index (χ3n) is 3.87. The fourth-order valence-electron chi connectivity index (χ4n) is 2.61. The lowest BCUT2D eigenvalue weighted by Crippen LogP contribution is -2.13. The summed E-state index contributed by atoms with van der Waals surface area (Å²) in [6, 6.07) is 11.9. The molecule has 0 aliphatic heterocycles. The summed E-state index contributed by atoms with van der Waals surface area (Å²) in [5.74, 6) is 0.343. The van der Waals surface area contributed by atoms with E-state index in [-0.39, 0.29) is 30.2 Å². The molecule has 0 radical (unpaired) electrons. The van der Waals surface area contributed by atoms with Gasteiger partial charge in [-0.05, 0) is 49.4 Å². The van der Waals surface area contributed by atoms with E-state index in [0.717, 1.165) is 0 Å². The minimum Gasteiger partial charge on any atom is -0.494 e. The van der Waals surface area contributed by atoms with Crippen LogP contribution in [0.2, 0.25) is 0 Å². The molecule has 0 unspecified atom stereocenters. The molecule has 0 aliphatic carbocycles. The van der Waals surface area contributed by atoms with E-state index in [1.165, 1.54) is 0 Å². The minimum atomic E-state index is -0.301. The van der Waals surface area contributed by atoms with Crippen LogP contribution in [0.4, 0.5) is 5.69 Å². The van der Waals surface area contributed by atoms with Crippen molar-refractivity contribution in [3.05, 3.63) is 58.5 Å². The Bertz CT molecular complexity index is 986. The number of hydrogen-bond acceptors (Lipinski definition) is 4. The first-order chi connectivity index (χ1) is 12.5. The molecule has 0 saturated carbocycles. The van der Waals surface area contributed by atoms with Crippen LogP contribution in [0, 0.1) is 0 Å². The second-order valence-electron chi connectivity index (χ2n) is 5.77. The topological polar surface area (TPSA) is 104 Å². The first-order valence-electron chi connectivity index (χ1n) is 8.33. The maximum atomic E-state index is 12.2. The van der Waals surface area contributed by atoms with Crippen LogP contribution in [0.3, 0.4) is 0 Å². The lowest BCUT2D eigenvalue weighted by Gasteiger charge is -2.06. The van der Waals surface area contributed by atoms with Gasteiger partial charge in [0.1, 0.15) is 5.75 Å². The second-order valence-corrected chi connectivity index (χ2v) is 5.77. The number of H-pyrrole nitrogens is 2. The van der Waals surface area contributed by atoms with E-state index >= 15 is 0 Å². The van der Waals surface area contributed by atoms with Crippen LogP contribution in [-0.2, 0) is 4.79 Å². The number of rotatable bonds is 7. The molecule has 26 heavy (non-hydrogen) atoms. The van der Waals surface area contributed by atoms with E-state index in [1.54, 1.807) is 42.5 Å². The molecule has 1 aromatic heterocycles. The van der Waals surface area contributed by atoms with Crippen LogP contribution in [0.25, 0.3) is 11.0 Å². The number of anilines is 1. The zero-order valence-electron chi connectivity index (χ0n) is 14.3. The van der Waals surface area contributed by atoms with Crippen molar-refractivity contribution in [2.24, 2.45) is 0 Å². The molecule has 1 heterocycles. The zero-order chi connectivity index (χ0) is 18.5. The lowest BCUT2D eigenvalue weighted by molar-refractivity contribution is -0.116. The van der Waals surface area contributed by atoms with Crippen molar-refractivity contribution in [3.8, 4) is 5.75 Å². The quantitative estimate of drug-likeness (QED) is 0.568. The Kier molecular flexibility index (Phi) is 5.17. The fraction of sp³-hybridized carbons (Fsp3) is 0.211. The van der Waals surface area contributed by atoms with Crippen LogP contribution in [0.15, 0.2) is 47.3 Å². The van der Waals surface area contributed by atoms with Gasteiger partial charge >= 0.3 is 5.69 Å². The van der Waals surface area contributed by atoms with Gasteiger partial charge in [0.05, 0.1) is 17.6 Å². The van der Waals surface area contributed by atoms with E-state index in [1.807, 2.05) is 6.92 Å². The number of aromatic nitrogens is 2. The number of amides is 1. The van der Waals surface area contributed by atoms with Crippen molar-refractivity contribution in [2.45, 2.75) is 19.8 Å². The number of carbonyl (C=O) groups excluding carboxylic acids is 2. The predicted octanol–water partition coefficient (Wildman–Crippen LogP) is 2.86. The maximum absolute atomic E-state index is 12.2. The Hall–Kier alpha value is -3.35. The van der Waals surface area contributed by atoms with E-state index in [4.69, 9.17) is 4.74 Å².